The number of nitrogens with zero attached hydrogens (tertiary/aromatic N) is 8. The molecule has 11 nitrogen and oxygen atoms in total. The summed E-state index contributed by atoms with van der Waals surface area (Å²) in [7, 11) is 0. The lowest BCUT2D eigenvalue weighted by Crippen LogP contribution is -2.30. The largest absolute Gasteiger partial charge is 0.430 e. The van der Waals surface area contributed by atoms with Crippen LogP contribution in [0.15, 0.2) is 43.2 Å². The number of rotatable bonds is 3. The lowest BCUT2D eigenvalue weighted by molar-refractivity contribution is 0.410. The van der Waals surface area contributed by atoms with Gasteiger partial charge in [-0.25, -0.2) is 55.7 Å². The highest BCUT2D eigenvalue weighted by Gasteiger charge is 2.33. The average Bonchev–Trinajstić information content (AvgIpc) is 3.82. The van der Waals surface area contributed by atoms with Gasteiger partial charge < -0.3 is 14.2 Å². The minimum atomic E-state index is -2.25. The van der Waals surface area contributed by atoms with Crippen LogP contribution in [0.4, 0.5) is 39.5 Å². The van der Waals surface area contributed by atoms with Crippen molar-refractivity contribution in [3.8, 4) is 35.6 Å². The van der Waals surface area contributed by atoms with E-state index >= 15 is 0 Å². The van der Waals surface area contributed by atoms with E-state index in [4.69, 9.17) is 14.1 Å². The number of oxazole rings is 2. The van der Waals surface area contributed by atoms with Gasteiger partial charge in [0.1, 0.15) is 29.0 Å². The van der Waals surface area contributed by atoms with Gasteiger partial charge in [0, 0.05) is 0 Å². The van der Waals surface area contributed by atoms with E-state index in [9.17, 15) is 44.8 Å². The van der Waals surface area contributed by atoms with Crippen LogP contribution >= 0.6 is 0 Å². The van der Waals surface area contributed by atoms with E-state index in [1.807, 2.05) is 0 Å². The number of halogens is 9. The Kier molecular flexibility index (Phi) is 6.35. The lowest BCUT2D eigenvalue weighted by Gasteiger charge is -2.12. The number of nitrogens with one attached hydrogen (secondary N) is 1. The lowest BCUT2D eigenvalue weighted by atomic mass is 10.0. The molecule has 1 aliphatic heterocycles. The third-order valence-electron chi connectivity index (χ3n) is 6.64. The van der Waals surface area contributed by atoms with Crippen LogP contribution in [0.1, 0.15) is 5.82 Å². The Morgan fingerprint density at radius 3 is 1.68 bits per heavy atom. The topological polar surface area (TPSA) is 163 Å². The van der Waals surface area contributed by atoms with E-state index in [1.54, 1.807) is 12.1 Å². The quantitative estimate of drug-likeness (QED) is 0.113. The molecule has 7 rings (SSSR count). The summed E-state index contributed by atoms with van der Waals surface area (Å²) in [6.45, 7) is 0. The summed E-state index contributed by atoms with van der Waals surface area (Å²) in [5.41, 5.74) is -5.75. The van der Waals surface area contributed by atoms with Gasteiger partial charge in [-0.2, -0.15) is 24.3 Å². The molecule has 5 aromatic rings. The Bertz CT molecular complexity index is 2280. The van der Waals surface area contributed by atoms with Crippen LogP contribution in [0.25, 0.3) is 51.2 Å². The molecule has 4 heterocycles. The zero-order chi connectivity index (χ0) is 33.5. The molecular formula is C27H4F9N9O2. The first-order valence-corrected chi connectivity index (χ1v) is 12.4. The highest BCUT2D eigenvalue weighted by molar-refractivity contribution is 6.08. The molecule has 0 amide bonds. The summed E-state index contributed by atoms with van der Waals surface area (Å²) < 4.78 is 138. The Morgan fingerprint density at radius 2 is 1.19 bits per heavy atom. The van der Waals surface area contributed by atoms with Gasteiger partial charge in [0.15, 0.2) is 51.3 Å². The SMILES string of the molecule is N#CC1=CC2N/C(=C(/C#N)c3nc(-c4nc5c(F)c(F)c(F)c(F)c5o4)nc(-c4nc5c(F)c(F)c(F)c(F)c5o4)n3)N=C2C(F)=C1. The maximum Gasteiger partial charge on any atom is 0.266 e. The number of hydrogen-bond acceptors (Lipinski definition) is 11. The fourth-order valence-electron chi connectivity index (χ4n) is 4.50. The van der Waals surface area contributed by atoms with Gasteiger partial charge in [0.2, 0.25) is 34.9 Å². The number of aliphatic imine (C=N–C) groups is 1. The molecule has 0 radical (unpaired) electrons. The first-order valence-electron chi connectivity index (χ1n) is 12.4. The van der Waals surface area contributed by atoms with E-state index in [1.165, 1.54) is 6.08 Å². The van der Waals surface area contributed by atoms with Crippen LogP contribution in [-0.2, 0) is 0 Å². The number of aromatic nitrogens is 5. The number of benzene rings is 2. The second kappa shape index (κ2) is 10.2. The van der Waals surface area contributed by atoms with Gasteiger partial charge in [-0.05, 0) is 12.2 Å². The zero-order valence-electron chi connectivity index (χ0n) is 22.0. The molecular weight excluding hydrogens is 653 g/mol. The van der Waals surface area contributed by atoms with Crippen LogP contribution in [0.2, 0.25) is 0 Å². The highest BCUT2D eigenvalue weighted by Crippen LogP contribution is 2.34. The second-order valence-electron chi connectivity index (χ2n) is 9.39. The standard InChI is InChI=1S/C27H4F9N9O2/c28-7-1-5(3-37)2-8-17(7)40-22(39-8)6(4-38)23-43-24(26-41-18-13(33)9(29)11(31)15(35)20(18)46-26)45-25(44-23)27-42-19-14(34)10(30)12(32)16(36)21(19)47-27/h1-2,8,39H/b22-6+. The number of fused-ring (bicyclic) bond motifs is 3. The van der Waals surface area contributed by atoms with Crippen molar-refractivity contribution in [1.82, 2.24) is 30.2 Å². The summed E-state index contributed by atoms with van der Waals surface area (Å²) >= 11 is 0. The van der Waals surface area contributed by atoms with Crippen molar-refractivity contribution >= 4 is 33.5 Å². The number of allylic oxidation sites excluding steroid dienone is 3. The first-order chi connectivity index (χ1) is 22.4. The Morgan fingerprint density at radius 1 is 0.681 bits per heavy atom. The first kappa shape index (κ1) is 29.2. The molecule has 0 saturated carbocycles. The van der Waals surface area contributed by atoms with Gasteiger partial charge in [-0.3, -0.25) is 0 Å². The van der Waals surface area contributed by atoms with Crippen LogP contribution in [0.3, 0.4) is 0 Å². The molecule has 1 atom stereocenters. The van der Waals surface area contributed by atoms with Gasteiger partial charge in [-0.1, -0.05) is 0 Å². The molecule has 0 spiro atoms. The van der Waals surface area contributed by atoms with Crippen molar-refractivity contribution in [3.63, 3.8) is 0 Å². The van der Waals surface area contributed by atoms with Crippen LogP contribution in [0, 0.1) is 69.2 Å². The predicted octanol–water partition coefficient (Wildman–Crippen LogP) is 5.52. The fourth-order valence-corrected chi connectivity index (χ4v) is 4.50. The molecule has 2 aliphatic rings. The summed E-state index contributed by atoms with van der Waals surface area (Å²) in [4.78, 5) is 22.7. The molecule has 1 unspecified atom stereocenters. The molecule has 1 aliphatic carbocycles. The Balaban J connectivity index is 1.47. The molecule has 232 valence electrons. The molecule has 3 aromatic heterocycles. The minimum absolute atomic E-state index is 0.0879. The average molecular weight is 657 g/mol. The van der Waals surface area contributed by atoms with Gasteiger partial charge in [0.05, 0.1) is 17.7 Å². The van der Waals surface area contributed by atoms with E-state index in [2.05, 4.69) is 35.2 Å². The summed E-state index contributed by atoms with van der Waals surface area (Å²) in [6, 6.07) is 2.37. The number of nitriles is 2. The minimum Gasteiger partial charge on any atom is -0.430 e. The maximum atomic E-state index is 14.6. The fraction of sp³-hybridized carbons (Fsp3) is 0.0370. The molecule has 47 heavy (non-hydrogen) atoms. The van der Waals surface area contributed by atoms with Gasteiger partial charge in [0.25, 0.3) is 11.8 Å². The van der Waals surface area contributed by atoms with E-state index in [0.717, 1.165) is 6.08 Å². The molecule has 1 N–H and O–H groups in total. The van der Waals surface area contributed by atoms with E-state index in [-0.39, 0.29) is 11.3 Å². The van der Waals surface area contributed by atoms with Crippen molar-refractivity contribution in [1.29, 1.82) is 10.5 Å². The zero-order valence-corrected chi connectivity index (χ0v) is 22.0. The normalized spacial score (nSPS) is 16.7. The predicted molar refractivity (Wildman–Crippen MR) is 135 cm³/mol. The Labute approximate surface area is 251 Å². The monoisotopic (exact) mass is 657 g/mol. The van der Waals surface area contributed by atoms with Crippen LogP contribution < -0.4 is 5.32 Å². The van der Waals surface area contributed by atoms with Crippen molar-refractivity contribution in [2.75, 3.05) is 0 Å². The van der Waals surface area contributed by atoms with Gasteiger partial charge in [-0.15, -0.1) is 0 Å². The summed E-state index contributed by atoms with van der Waals surface area (Å²) in [5, 5.41) is 21.8. The molecule has 20 heteroatoms. The van der Waals surface area contributed by atoms with Crippen LogP contribution in [-0.4, -0.2) is 36.7 Å². The molecule has 0 fully saturated rings. The third-order valence-corrected chi connectivity index (χ3v) is 6.64. The molecule has 0 bridgehead atoms. The van der Waals surface area contributed by atoms with Gasteiger partial charge >= 0.3 is 0 Å². The highest BCUT2D eigenvalue weighted by atomic mass is 19.2. The van der Waals surface area contributed by atoms with E-state index in [0.29, 0.717) is 0 Å². The van der Waals surface area contributed by atoms with Crippen molar-refractivity contribution in [2.45, 2.75) is 6.04 Å². The number of hydrogen-bond donors (Lipinski definition) is 1. The van der Waals surface area contributed by atoms with Crippen molar-refractivity contribution in [3.05, 3.63) is 81.7 Å². The van der Waals surface area contributed by atoms with E-state index < -0.39 is 121 Å². The van der Waals surface area contributed by atoms with Crippen molar-refractivity contribution in [2.24, 2.45) is 4.99 Å². The summed E-state index contributed by atoms with van der Waals surface area (Å²) in [5.74, 6) is -22.6. The third kappa shape index (κ3) is 4.29. The molecule has 2 aromatic carbocycles. The van der Waals surface area contributed by atoms with Crippen molar-refractivity contribution < 1.29 is 48.3 Å². The summed E-state index contributed by atoms with van der Waals surface area (Å²) in [6.07, 6.45) is 2.15. The maximum absolute atomic E-state index is 14.6. The molecule has 0 saturated heterocycles. The van der Waals surface area contributed by atoms with Crippen LogP contribution in [0.5, 0.6) is 0 Å². The Hall–Kier alpha value is -6.57. The second-order valence-corrected chi connectivity index (χ2v) is 9.39. The smallest absolute Gasteiger partial charge is 0.266 e.